The van der Waals surface area contributed by atoms with Crippen LogP contribution in [0.1, 0.15) is 12.0 Å². The number of rotatable bonds is 4. The molecule has 0 radical (unpaired) electrons. The van der Waals surface area contributed by atoms with Crippen molar-refractivity contribution in [2.75, 3.05) is 0 Å². The lowest BCUT2D eigenvalue weighted by molar-refractivity contribution is -0.392. The summed E-state index contributed by atoms with van der Waals surface area (Å²) in [5.41, 5.74) is -1.90. The van der Waals surface area contributed by atoms with Gasteiger partial charge >= 0.3 is 12.2 Å². The number of pyridine rings is 1. The van der Waals surface area contributed by atoms with Gasteiger partial charge in [0.15, 0.2) is 16.8 Å². The molecule has 0 amide bonds. The van der Waals surface area contributed by atoms with Crippen LogP contribution in [0.4, 0.5) is 27.8 Å². The molecule has 0 spiro atoms. The second-order valence-corrected chi connectivity index (χ2v) is 5.74. The maximum absolute atomic E-state index is 12.8. The Kier molecular flexibility index (Phi) is 4.57. The van der Waals surface area contributed by atoms with E-state index in [1.165, 1.54) is 0 Å². The Morgan fingerprint density at radius 2 is 1.90 bits per heavy atom. The first-order valence-corrected chi connectivity index (χ1v) is 6.81. The second kappa shape index (κ2) is 5.55. The molecule has 0 fully saturated rings. The fraction of sp³-hybridized carbons (Fsp3) is 0.286. The summed E-state index contributed by atoms with van der Waals surface area (Å²) >= 11 is 0. The van der Waals surface area contributed by atoms with Gasteiger partial charge in [-0.1, -0.05) is 0 Å². The third kappa shape index (κ3) is 4.10. The molecule has 1 aromatic rings. The molecular formula is C7H2ClF5N2O5S. The minimum Gasteiger partial charge on any atom is -0.401 e. The normalized spacial score (nSPS) is 12.5. The summed E-state index contributed by atoms with van der Waals surface area (Å²) < 4.78 is 87.3. The monoisotopic (exact) mass is 356 g/mol. The van der Waals surface area contributed by atoms with E-state index in [0.717, 1.165) is 0 Å². The van der Waals surface area contributed by atoms with Crippen LogP contribution in [0, 0.1) is 10.1 Å². The molecule has 0 aliphatic carbocycles. The summed E-state index contributed by atoms with van der Waals surface area (Å²) in [6.45, 7) is 0. The lowest BCUT2D eigenvalue weighted by Gasteiger charge is -2.13. The molecule has 0 aliphatic heterocycles. The van der Waals surface area contributed by atoms with E-state index in [2.05, 4.69) is 9.72 Å². The smallest absolute Gasteiger partial charge is 0.401 e. The van der Waals surface area contributed by atoms with Crippen molar-refractivity contribution in [3.05, 3.63) is 21.9 Å². The summed E-state index contributed by atoms with van der Waals surface area (Å²) in [5, 5.41) is 10.6. The molecule has 0 saturated carbocycles. The van der Waals surface area contributed by atoms with Crippen molar-refractivity contribution in [1.29, 1.82) is 0 Å². The summed E-state index contributed by atoms with van der Waals surface area (Å²) in [4.78, 5) is 9.96. The van der Waals surface area contributed by atoms with Gasteiger partial charge < -0.3 is 14.9 Å². The van der Waals surface area contributed by atoms with Gasteiger partial charge in [-0.15, -0.1) is 13.2 Å². The van der Waals surface area contributed by atoms with E-state index < -0.39 is 48.8 Å². The molecule has 14 heteroatoms. The largest absolute Gasteiger partial charge is 0.573 e. The van der Waals surface area contributed by atoms with Gasteiger partial charge in [0.2, 0.25) is 0 Å². The Hall–Kier alpha value is -1.76. The first-order valence-electron chi connectivity index (χ1n) is 4.50. The van der Waals surface area contributed by atoms with Crippen LogP contribution < -0.4 is 4.74 Å². The molecule has 118 valence electrons. The molecule has 0 aromatic carbocycles. The minimum atomic E-state index is -5.45. The van der Waals surface area contributed by atoms with E-state index in [-0.39, 0.29) is 6.20 Å². The molecule has 1 rings (SSSR count). The van der Waals surface area contributed by atoms with Crippen molar-refractivity contribution in [3.8, 4) is 5.75 Å². The highest BCUT2D eigenvalue weighted by molar-refractivity contribution is 8.13. The molecule has 0 unspecified atom stereocenters. The number of alkyl halides is 5. The van der Waals surface area contributed by atoms with Crippen LogP contribution in [0.25, 0.3) is 0 Å². The van der Waals surface area contributed by atoms with E-state index in [1.807, 2.05) is 0 Å². The van der Waals surface area contributed by atoms with Crippen LogP contribution in [0.15, 0.2) is 11.1 Å². The van der Waals surface area contributed by atoms with Crippen molar-refractivity contribution >= 4 is 25.6 Å². The van der Waals surface area contributed by atoms with Crippen LogP contribution in [0.5, 0.6) is 5.75 Å². The molecule has 1 aromatic heterocycles. The van der Waals surface area contributed by atoms with Gasteiger partial charge in [0.05, 0.1) is 5.56 Å². The summed E-state index contributed by atoms with van der Waals surface area (Å²) in [6.07, 6.45) is -9.35. The average molecular weight is 357 g/mol. The quantitative estimate of drug-likeness (QED) is 0.356. The Balaban J connectivity index is 3.77. The number of ether oxygens (including phenoxy) is 1. The first kappa shape index (κ1) is 17.3. The molecule has 0 aliphatic rings. The lowest BCUT2D eigenvalue weighted by Crippen LogP contribution is -2.19. The maximum Gasteiger partial charge on any atom is 0.573 e. The molecule has 0 saturated heterocycles. The van der Waals surface area contributed by atoms with Gasteiger partial charge in [-0.2, -0.15) is 0 Å². The van der Waals surface area contributed by atoms with Crippen LogP contribution in [-0.2, 0) is 9.05 Å². The van der Waals surface area contributed by atoms with Crippen LogP contribution >= 0.6 is 10.7 Å². The molecule has 0 N–H and O–H groups in total. The molecule has 0 atom stereocenters. The molecule has 1 heterocycles. The van der Waals surface area contributed by atoms with Gasteiger partial charge in [0.25, 0.3) is 15.5 Å². The van der Waals surface area contributed by atoms with Crippen molar-refractivity contribution in [2.24, 2.45) is 0 Å². The average Bonchev–Trinajstić information content (AvgIpc) is 2.23. The Bertz CT molecular complexity index is 677. The SMILES string of the molecule is O=[N+]([O-])c1ncc(OC(F)(F)F)c(C(F)F)c1S(=O)(=O)Cl. The molecular weight excluding hydrogens is 355 g/mol. The highest BCUT2D eigenvalue weighted by Gasteiger charge is 2.40. The number of hydrogen-bond donors (Lipinski definition) is 0. The van der Waals surface area contributed by atoms with Crippen molar-refractivity contribution < 1.29 is 40.0 Å². The summed E-state index contributed by atoms with van der Waals surface area (Å²) in [5.74, 6) is -3.35. The zero-order valence-electron chi connectivity index (χ0n) is 9.27. The predicted octanol–water partition coefficient (Wildman–Crippen LogP) is 2.75. The molecule has 7 nitrogen and oxygen atoms in total. The van der Waals surface area contributed by atoms with Crippen LogP contribution in [-0.4, -0.2) is 24.7 Å². The number of nitro groups is 1. The Labute approximate surface area is 116 Å². The highest BCUT2D eigenvalue weighted by Crippen LogP contribution is 2.41. The fourth-order valence-corrected chi connectivity index (χ4v) is 2.52. The lowest BCUT2D eigenvalue weighted by atomic mass is 10.2. The third-order valence-electron chi connectivity index (χ3n) is 1.88. The second-order valence-electron chi connectivity index (χ2n) is 3.23. The fourth-order valence-electron chi connectivity index (χ4n) is 1.26. The summed E-state index contributed by atoms with van der Waals surface area (Å²) in [6, 6.07) is 0. The van der Waals surface area contributed by atoms with Crippen LogP contribution in [0.2, 0.25) is 0 Å². The van der Waals surface area contributed by atoms with Gasteiger partial charge in [0, 0.05) is 10.7 Å². The Morgan fingerprint density at radius 1 is 1.38 bits per heavy atom. The number of aromatic nitrogens is 1. The van der Waals surface area contributed by atoms with E-state index in [4.69, 9.17) is 10.7 Å². The third-order valence-corrected chi connectivity index (χ3v) is 3.23. The van der Waals surface area contributed by atoms with Crippen molar-refractivity contribution in [1.82, 2.24) is 4.98 Å². The summed E-state index contributed by atoms with van der Waals surface area (Å²) in [7, 11) is -0.434. The van der Waals surface area contributed by atoms with Crippen LogP contribution in [0.3, 0.4) is 0 Å². The predicted molar refractivity (Wildman–Crippen MR) is 55.6 cm³/mol. The van der Waals surface area contributed by atoms with Crippen molar-refractivity contribution in [2.45, 2.75) is 17.7 Å². The topological polar surface area (TPSA) is 99.4 Å². The maximum atomic E-state index is 12.8. The number of hydrogen-bond acceptors (Lipinski definition) is 6. The zero-order chi connectivity index (χ0) is 16.6. The zero-order valence-corrected chi connectivity index (χ0v) is 10.8. The standard InChI is InChI=1S/C7H2ClF5N2O5S/c8-21(18,19)4-3(5(9)10)2(20-7(11,12)13)1-14-6(4)15(16)17/h1,5H. The number of halogens is 6. The molecule has 0 bridgehead atoms. The van der Waals surface area contributed by atoms with E-state index in [9.17, 15) is 40.5 Å². The first-order chi connectivity index (χ1) is 9.34. The van der Waals surface area contributed by atoms with Crippen molar-refractivity contribution in [3.63, 3.8) is 0 Å². The number of nitrogens with zero attached hydrogens (tertiary/aromatic N) is 2. The van der Waals surface area contributed by atoms with Gasteiger partial charge in [-0.05, 0) is 9.91 Å². The van der Waals surface area contributed by atoms with Gasteiger partial charge in [0.1, 0.15) is 0 Å². The van der Waals surface area contributed by atoms with E-state index in [0.29, 0.717) is 0 Å². The highest BCUT2D eigenvalue weighted by atomic mass is 35.7. The Morgan fingerprint density at radius 3 is 2.24 bits per heavy atom. The molecule has 21 heavy (non-hydrogen) atoms. The van der Waals surface area contributed by atoms with E-state index >= 15 is 0 Å². The van der Waals surface area contributed by atoms with E-state index in [1.54, 1.807) is 0 Å². The van der Waals surface area contributed by atoms with Gasteiger partial charge in [-0.3, -0.25) is 0 Å². The minimum absolute atomic E-state index is 0.0430. The van der Waals surface area contributed by atoms with Gasteiger partial charge in [-0.25, -0.2) is 17.2 Å².